The number of anilines is 1. The van der Waals surface area contributed by atoms with Gasteiger partial charge >= 0.3 is 6.09 Å². The number of alkyl carbamates (subject to hydrolysis) is 1. The number of carbonyl (C=O) groups excluding carboxylic acids is 2. The molecule has 0 radical (unpaired) electrons. The summed E-state index contributed by atoms with van der Waals surface area (Å²) in [6, 6.07) is 24.6. The van der Waals surface area contributed by atoms with Crippen LogP contribution < -0.4 is 15.4 Å². The minimum atomic E-state index is -0.830. The highest BCUT2D eigenvalue weighted by Crippen LogP contribution is 2.32. The molecule has 7 heteroatoms. The lowest BCUT2D eigenvalue weighted by Gasteiger charge is -2.23. The van der Waals surface area contributed by atoms with Crippen molar-refractivity contribution in [1.82, 2.24) is 5.32 Å². The number of nitrogens with one attached hydrogen (secondary N) is 2. The van der Waals surface area contributed by atoms with Gasteiger partial charge in [0, 0.05) is 17.1 Å². The van der Waals surface area contributed by atoms with Crippen LogP contribution in [0.15, 0.2) is 83.8 Å². The fourth-order valence-corrected chi connectivity index (χ4v) is 4.21. The summed E-state index contributed by atoms with van der Waals surface area (Å²) in [5, 5.41) is 5.62. The number of amides is 2. The second-order valence-electron chi connectivity index (χ2n) is 9.01. The lowest BCUT2D eigenvalue weighted by atomic mass is 10.1. The van der Waals surface area contributed by atoms with Gasteiger partial charge in [0.15, 0.2) is 0 Å². The lowest BCUT2D eigenvalue weighted by Crippen LogP contribution is -2.47. The quantitative estimate of drug-likeness (QED) is 0.355. The molecule has 184 valence electrons. The largest absolute Gasteiger partial charge is 0.495 e. The van der Waals surface area contributed by atoms with Crippen LogP contribution in [0.5, 0.6) is 5.75 Å². The third-order valence-electron chi connectivity index (χ3n) is 4.97. The Morgan fingerprint density at radius 3 is 2.14 bits per heavy atom. The molecule has 0 heterocycles. The predicted molar refractivity (Wildman–Crippen MR) is 141 cm³/mol. The standard InChI is InChI=1S/C28H32N2O4S/c1-28(2,3)34-27(32)30-24(17-20-11-7-5-8-12-20)26(31)29-23-16-15-22(18-25(23)33-4)35-19-21-13-9-6-10-14-21/h5-16,18,24H,17,19H2,1-4H3,(H,29,31)(H,30,32)/t24-/m0/s1. The summed E-state index contributed by atoms with van der Waals surface area (Å²) in [5.41, 5.74) is 2.01. The molecule has 3 rings (SSSR count). The molecule has 3 aromatic carbocycles. The smallest absolute Gasteiger partial charge is 0.408 e. The molecule has 0 aromatic heterocycles. The topological polar surface area (TPSA) is 76.7 Å². The highest BCUT2D eigenvalue weighted by Gasteiger charge is 2.25. The zero-order chi connectivity index (χ0) is 25.3. The molecule has 0 fully saturated rings. The van der Waals surface area contributed by atoms with Crippen LogP contribution in [0.2, 0.25) is 0 Å². The first-order valence-corrected chi connectivity index (χ1v) is 12.4. The van der Waals surface area contributed by atoms with Gasteiger partial charge in [-0.05, 0) is 50.1 Å². The van der Waals surface area contributed by atoms with Gasteiger partial charge in [0.05, 0.1) is 12.8 Å². The first-order chi connectivity index (χ1) is 16.7. The van der Waals surface area contributed by atoms with Gasteiger partial charge in [-0.15, -0.1) is 11.8 Å². The number of hydrogen-bond acceptors (Lipinski definition) is 5. The van der Waals surface area contributed by atoms with Crippen molar-refractivity contribution in [3.05, 3.63) is 90.0 Å². The van der Waals surface area contributed by atoms with Gasteiger partial charge in [-0.1, -0.05) is 60.7 Å². The van der Waals surface area contributed by atoms with E-state index in [1.165, 1.54) is 5.56 Å². The molecule has 3 aromatic rings. The van der Waals surface area contributed by atoms with Gasteiger partial charge in [0.2, 0.25) is 5.91 Å². The van der Waals surface area contributed by atoms with Crippen molar-refractivity contribution >= 4 is 29.4 Å². The minimum absolute atomic E-state index is 0.319. The van der Waals surface area contributed by atoms with E-state index < -0.39 is 17.7 Å². The summed E-state index contributed by atoms with van der Waals surface area (Å²) in [4.78, 5) is 26.7. The molecular formula is C28H32N2O4S. The van der Waals surface area contributed by atoms with Crippen molar-refractivity contribution in [3.8, 4) is 5.75 Å². The average Bonchev–Trinajstić information content (AvgIpc) is 2.83. The van der Waals surface area contributed by atoms with Crippen molar-refractivity contribution in [2.45, 2.75) is 49.5 Å². The summed E-state index contributed by atoms with van der Waals surface area (Å²) < 4.78 is 10.9. The highest BCUT2D eigenvalue weighted by atomic mass is 32.2. The van der Waals surface area contributed by atoms with Gasteiger partial charge < -0.3 is 20.1 Å². The monoisotopic (exact) mass is 492 g/mol. The van der Waals surface area contributed by atoms with E-state index in [4.69, 9.17) is 9.47 Å². The second kappa shape index (κ2) is 12.3. The molecule has 0 bridgehead atoms. The van der Waals surface area contributed by atoms with E-state index in [2.05, 4.69) is 22.8 Å². The first-order valence-electron chi connectivity index (χ1n) is 11.4. The third kappa shape index (κ3) is 8.68. The number of carbonyl (C=O) groups is 2. The molecule has 0 aliphatic heterocycles. The van der Waals surface area contributed by atoms with Crippen LogP contribution in [0.1, 0.15) is 31.9 Å². The third-order valence-corrected chi connectivity index (χ3v) is 6.03. The maximum absolute atomic E-state index is 13.2. The fourth-order valence-electron chi connectivity index (χ4n) is 3.33. The summed E-state index contributed by atoms with van der Waals surface area (Å²) in [6.07, 6.45) is -0.326. The maximum Gasteiger partial charge on any atom is 0.408 e. The van der Waals surface area contributed by atoms with Crippen LogP contribution in [0.25, 0.3) is 0 Å². The van der Waals surface area contributed by atoms with E-state index in [0.29, 0.717) is 17.9 Å². The van der Waals surface area contributed by atoms with Gasteiger partial charge in [-0.2, -0.15) is 0 Å². The average molecular weight is 493 g/mol. The summed E-state index contributed by atoms with van der Waals surface area (Å²) >= 11 is 1.69. The zero-order valence-electron chi connectivity index (χ0n) is 20.5. The van der Waals surface area contributed by atoms with Crippen molar-refractivity contribution < 1.29 is 19.1 Å². The molecule has 1 atom stereocenters. The van der Waals surface area contributed by atoms with Crippen LogP contribution in [0, 0.1) is 0 Å². The predicted octanol–water partition coefficient (Wildman–Crippen LogP) is 6.06. The van der Waals surface area contributed by atoms with Gasteiger partial charge in [0.25, 0.3) is 0 Å². The lowest BCUT2D eigenvalue weighted by molar-refractivity contribution is -0.118. The Morgan fingerprint density at radius 2 is 1.54 bits per heavy atom. The Bertz CT molecular complexity index is 1110. The Kier molecular flexibility index (Phi) is 9.20. The van der Waals surface area contributed by atoms with Crippen molar-refractivity contribution in [2.75, 3.05) is 12.4 Å². The molecule has 0 saturated heterocycles. The van der Waals surface area contributed by atoms with E-state index in [1.54, 1.807) is 39.6 Å². The number of benzene rings is 3. The van der Waals surface area contributed by atoms with Gasteiger partial charge in [-0.25, -0.2) is 4.79 Å². The zero-order valence-corrected chi connectivity index (χ0v) is 21.4. The van der Waals surface area contributed by atoms with E-state index in [-0.39, 0.29) is 5.91 Å². The highest BCUT2D eigenvalue weighted by molar-refractivity contribution is 7.98. The second-order valence-corrected chi connectivity index (χ2v) is 10.1. The Hall–Kier alpha value is -3.45. The molecule has 6 nitrogen and oxygen atoms in total. The van der Waals surface area contributed by atoms with Crippen molar-refractivity contribution in [2.24, 2.45) is 0 Å². The van der Waals surface area contributed by atoms with Crippen LogP contribution in [-0.2, 0) is 21.7 Å². The SMILES string of the molecule is COc1cc(SCc2ccccc2)ccc1NC(=O)[C@H](Cc1ccccc1)NC(=O)OC(C)(C)C. The van der Waals surface area contributed by atoms with E-state index >= 15 is 0 Å². The van der Waals surface area contributed by atoms with Gasteiger partial charge in [-0.3, -0.25) is 4.79 Å². The molecule has 2 N–H and O–H groups in total. The summed E-state index contributed by atoms with van der Waals surface area (Å²) in [5.74, 6) is 1.02. The van der Waals surface area contributed by atoms with E-state index in [0.717, 1.165) is 16.2 Å². The molecule has 0 unspecified atom stereocenters. The van der Waals surface area contributed by atoms with Crippen molar-refractivity contribution in [1.29, 1.82) is 0 Å². The summed E-state index contributed by atoms with van der Waals surface area (Å²) in [6.45, 7) is 5.34. The number of ether oxygens (including phenoxy) is 2. The molecule has 0 aliphatic rings. The van der Waals surface area contributed by atoms with Crippen LogP contribution in [0.3, 0.4) is 0 Å². The fraction of sp³-hybridized carbons (Fsp3) is 0.286. The maximum atomic E-state index is 13.2. The molecule has 2 amide bonds. The minimum Gasteiger partial charge on any atom is -0.495 e. The van der Waals surface area contributed by atoms with Crippen LogP contribution >= 0.6 is 11.8 Å². The molecule has 0 saturated carbocycles. The number of thioether (sulfide) groups is 1. The molecular weight excluding hydrogens is 460 g/mol. The Labute approximate surface area is 211 Å². The molecule has 0 aliphatic carbocycles. The van der Waals surface area contributed by atoms with E-state index in [1.807, 2.05) is 66.7 Å². The number of rotatable bonds is 9. The van der Waals surface area contributed by atoms with E-state index in [9.17, 15) is 9.59 Å². The number of hydrogen-bond donors (Lipinski definition) is 2. The summed E-state index contributed by atoms with van der Waals surface area (Å²) in [7, 11) is 1.57. The molecule has 0 spiro atoms. The molecule has 35 heavy (non-hydrogen) atoms. The first kappa shape index (κ1) is 26.2. The normalized spacial score (nSPS) is 11.9. The van der Waals surface area contributed by atoms with Crippen LogP contribution in [0.4, 0.5) is 10.5 Å². The Balaban J connectivity index is 1.72. The van der Waals surface area contributed by atoms with Gasteiger partial charge in [0.1, 0.15) is 17.4 Å². The number of methoxy groups -OCH3 is 1. The van der Waals surface area contributed by atoms with Crippen molar-refractivity contribution in [3.63, 3.8) is 0 Å². The van der Waals surface area contributed by atoms with Crippen LogP contribution in [-0.4, -0.2) is 30.8 Å². The Morgan fingerprint density at radius 1 is 0.914 bits per heavy atom.